The summed E-state index contributed by atoms with van der Waals surface area (Å²) in [6.07, 6.45) is 5.90. The molecule has 5 nitrogen and oxygen atoms in total. The molecule has 2 fully saturated rings. The number of guanidine groups is 1. The van der Waals surface area contributed by atoms with Gasteiger partial charge in [0.2, 0.25) is 0 Å². The molecule has 1 aliphatic heterocycles. The molecule has 5 heteroatoms. The third-order valence-electron chi connectivity index (χ3n) is 4.17. The molecule has 2 aliphatic rings. The van der Waals surface area contributed by atoms with Crippen molar-refractivity contribution in [3.05, 3.63) is 0 Å². The van der Waals surface area contributed by atoms with Crippen molar-refractivity contribution in [3.8, 4) is 0 Å². The number of rotatable bonds is 6. The molecule has 1 N–H and O–H groups in total. The van der Waals surface area contributed by atoms with Gasteiger partial charge in [-0.2, -0.15) is 0 Å². The fourth-order valence-electron chi connectivity index (χ4n) is 2.81. The lowest BCUT2D eigenvalue weighted by Crippen LogP contribution is -2.48. The van der Waals surface area contributed by atoms with Crippen LogP contribution in [-0.2, 0) is 9.53 Å². The van der Waals surface area contributed by atoms with Crippen molar-refractivity contribution >= 4 is 11.9 Å². The zero-order chi connectivity index (χ0) is 15.1. The van der Waals surface area contributed by atoms with Crippen molar-refractivity contribution in [2.75, 3.05) is 32.8 Å². The number of ether oxygens (including phenoxy) is 1. The van der Waals surface area contributed by atoms with Crippen LogP contribution in [0.15, 0.2) is 4.99 Å². The van der Waals surface area contributed by atoms with Crippen LogP contribution in [0.5, 0.6) is 0 Å². The van der Waals surface area contributed by atoms with E-state index in [4.69, 9.17) is 9.73 Å². The summed E-state index contributed by atoms with van der Waals surface area (Å²) in [5, 5.41) is 3.36. The molecule has 0 aromatic rings. The first-order chi connectivity index (χ1) is 10.2. The first kappa shape index (κ1) is 16.1. The molecule has 2 rings (SSSR count). The summed E-state index contributed by atoms with van der Waals surface area (Å²) in [4.78, 5) is 18.9. The van der Waals surface area contributed by atoms with Gasteiger partial charge in [0.15, 0.2) is 5.96 Å². The Hall–Kier alpha value is -1.26. The van der Waals surface area contributed by atoms with Crippen LogP contribution in [0.25, 0.3) is 0 Å². The number of hydrogen-bond acceptors (Lipinski definition) is 3. The number of carbonyl (C=O) groups excluding carboxylic acids is 1. The molecule has 1 saturated carbocycles. The summed E-state index contributed by atoms with van der Waals surface area (Å²) in [6.45, 7) is 7.88. The molecule has 0 spiro atoms. The third kappa shape index (κ3) is 5.21. The Labute approximate surface area is 128 Å². The van der Waals surface area contributed by atoms with Gasteiger partial charge >= 0.3 is 5.97 Å². The second kappa shape index (κ2) is 8.25. The normalized spacial score (nSPS) is 23.0. The average Bonchev–Trinajstić information content (AvgIpc) is 3.31. The quantitative estimate of drug-likeness (QED) is 0.463. The second-order valence-corrected chi connectivity index (χ2v) is 6.00. The Morgan fingerprint density at radius 2 is 2.14 bits per heavy atom. The zero-order valence-corrected chi connectivity index (χ0v) is 13.4. The van der Waals surface area contributed by atoms with Crippen LogP contribution >= 0.6 is 0 Å². The van der Waals surface area contributed by atoms with E-state index in [0.717, 1.165) is 50.9 Å². The van der Waals surface area contributed by atoms with Gasteiger partial charge in [0.05, 0.1) is 12.5 Å². The summed E-state index contributed by atoms with van der Waals surface area (Å²) >= 11 is 0. The van der Waals surface area contributed by atoms with E-state index in [2.05, 4.69) is 17.1 Å². The molecule has 21 heavy (non-hydrogen) atoms. The van der Waals surface area contributed by atoms with Crippen LogP contribution in [-0.4, -0.2) is 49.6 Å². The highest BCUT2D eigenvalue weighted by atomic mass is 16.5. The molecule has 0 amide bonds. The maximum Gasteiger partial charge on any atom is 0.310 e. The number of aliphatic imine (C=N–C) groups is 1. The highest BCUT2D eigenvalue weighted by Crippen LogP contribution is 2.32. The smallest absolute Gasteiger partial charge is 0.310 e. The fraction of sp³-hybridized carbons (Fsp3) is 0.875. The van der Waals surface area contributed by atoms with E-state index in [0.29, 0.717) is 6.61 Å². The first-order valence-corrected chi connectivity index (χ1v) is 8.44. The molecule has 120 valence electrons. The van der Waals surface area contributed by atoms with Crippen molar-refractivity contribution in [1.82, 2.24) is 10.2 Å². The lowest BCUT2D eigenvalue weighted by molar-refractivity contribution is -0.149. The Balaban J connectivity index is 1.89. The molecular weight excluding hydrogens is 266 g/mol. The van der Waals surface area contributed by atoms with E-state index in [9.17, 15) is 4.79 Å². The van der Waals surface area contributed by atoms with Crippen LogP contribution in [0.4, 0.5) is 0 Å². The lowest BCUT2D eigenvalue weighted by Gasteiger charge is -2.34. The Kier molecular flexibility index (Phi) is 6.33. The van der Waals surface area contributed by atoms with Gasteiger partial charge in [-0.25, -0.2) is 0 Å². The van der Waals surface area contributed by atoms with Gasteiger partial charge in [-0.1, -0.05) is 12.8 Å². The summed E-state index contributed by atoms with van der Waals surface area (Å²) in [7, 11) is 0. The standard InChI is InChI=1S/C16H29N3O2/c1-3-17-16(18-10-9-13-7-8-13)19-11-5-6-14(12-19)15(20)21-4-2/h13-14H,3-12H2,1-2H3,(H,17,18). The predicted octanol–water partition coefficient (Wildman–Crippen LogP) is 2.03. The minimum absolute atomic E-state index is 0.00834. The van der Waals surface area contributed by atoms with E-state index in [1.54, 1.807) is 0 Å². The summed E-state index contributed by atoms with van der Waals surface area (Å²) in [5.41, 5.74) is 0. The van der Waals surface area contributed by atoms with Gasteiger partial charge in [-0.3, -0.25) is 9.79 Å². The molecular formula is C16H29N3O2. The van der Waals surface area contributed by atoms with Crippen LogP contribution in [0.3, 0.4) is 0 Å². The molecule has 0 aromatic carbocycles. The highest BCUT2D eigenvalue weighted by Gasteiger charge is 2.28. The van der Waals surface area contributed by atoms with Crippen molar-refractivity contribution in [1.29, 1.82) is 0 Å². The number of likely N-dealkylation sites (tertiary alicyclic amines) is 1. The van der Waals surface area contributed by atoms with Gasteiger partial charge in [-0.05, 0) is 39.0 Å². The summed E-state index contributed by atoms with van der Waals surface area (Å²) < 4.78 is 5.16. The van der Waals surface area contributed by atoms with Gasteiger partial charge in [0, 0.05) is 26.2 Å². The average molecular weight is 295 g/mol. The number of nitrogens with zero attached hydrogens (tertiary/aromatic N) is 2. The van der Waals surface area contributed by atoms with Crippen LogP contribution in [0.2, 0.25) is 0 Å². The van der Waals surface area contributed by atoms with E-state index >= 15 is 0 Å². The molecule has 0 aromatic heterocycles. The second-order valence-electron chi connectivity index (χ2n) is 6.00. The SMILES string of the molecule is CCNC(=NCCC1CC1)N1CCCC(C(=O)OCC)C1. The Morgan fingerprint density at radius 3 is 2.81 bits per heavy atom. The number of nitrogens with one attached hydrogen (secondary N) is 1. The van der Waals surface area contributed by atoms with E-state index in [-0.39, 0.29) is 11.9 Å². The summed E-state index contributed by atoms with van der Waals surface area (Å²) in [6, 6.07) is 0. The first-order valence-electron chi connectivity index (χ1n) is 8.44. The monoisotopic (exact) mass is 295 g/mol. The molecule has 1 unspecified atom stereocenters. The Bertz CT molecular complexity index is 367. The van der Waals surface area contributed by atoms with Gasteiger partial charge in [-0.15, -0.1) is 0 Å². The van der Waals surface area contributed by atoms with Crippen LogP contribution in [0, 0.1) is 11.8 Å². The molecule has 1 saturated heterocycles. The van der Waals surface area contributed by atoms with Crippen molar-refractivity contribution in [3.63, 3.8) is 0 Å². The number of hydrogen-bond donors (Lipinski definition) is 1. The van der Waals surface area contributed by atoms with Gasteiger partial charge < -0.3 is 15.0 Å². The topological polar surface area (TPSA) is 53.9 Å². The minimum Gasteiger partial charge on any atom is -0.466 e. The van der Waals surface area contributed by atoms with E-state index in [1.807, 2.05) is 6.92 Å². The lowest BCUT2D eigenvalue weighted by atomic mass is 9.98. The number of esters is 1. The van der Waals surface area contributed by atoms with E-state index in [1.165, 1.54) is 19.3 Å². The Morgan fingerprint density at radius 1 is 1.33 bits per heavy atom. The molecule has 0 radical (unpaired) electrons. The maximum atomic E-state index is 11.9. The highest BCUT2D eigenvalue weighted by molar-refractivity contribution is 5.81. The molecule has 1 heterocycles. The van der Waals surface area contributed by atoms with Crippen LogP contribution in [0.1, 0.15) is 46.0 Å². The predicted molar refractivity (Wildman–Crippen MR) is 84.2 cm³/mol. The molecule has 0 bridgehead atoms. The molecule has 1 aliphatic carbocycles. The molecule has 1 atom stereocenters. The van der Waals surface area contributed by atoms with Crippen molar-refractivity contribution in [2.24, 2.45) is 16.8 Å². The minimum atomic E-state index is -0.0592. The maximum absolute atomic E-state index is 11.9. The number of piperidine rings is 1. The van der Waals surface area contributed by atoms with Crippen molar-refractivity contribution < 1.29 is 9.53 Å². The fourth-order valence-corrected chi connectivity index (χ4v) is 2.81. The summed E-state index contributed by atoms with van der Waals surface area (Å²) in [5.74, 6) is 1.81. The van der Waals surface area contributed by atoms with Gasteiger partial charge in [0.1, 0.15) is 0 Å². The third-order valence-corrected chi connectivity index (χ3v) is 4.17. The number of carbonyl (C=O) groups is 1. The van der Waals surface area contributed by atoms with E-state index < -0.39 is 0 Å². The largest absolute Gasteiger partial charge is 0.466 e. The van der Waals surface area contributed by atoms with Gasteiger partial charge in [0.25, 0.3) is 0 Å². The van der Waals surface area contributed by atoms with Crippen LogP contribution < -0.4 is 5.32 Å². The zero-order valence-electron chi connectivity index (χ0n) is 13.4. The van der Waals surface area contributed by atoms with Crippen molar-refractivity contribution in [2.45, 2.75) is 46.0 Å².